The van der Waals surface area contributed by atoms with Gasteiger partial charge in [-0.25, -0.2) is 0 Å². The van der Waals surface area contributed by atoms with Crippen LogP contribution in [0, 0.1) is 6.92 Å². The van der Waals surface area contributed by atoms with E-state index in [0.717, 1.165) is 29.8 Å². The lowest BCUT2D eigenvalue weighted by atomic mass is 10.2. The molecule has 0 saturated carbocycles. The predicted molar refractivity (Wildman–Crippen MR) is 124 cm³/mol. The number of nitrogens with one attached hydrogen (secondary N) is 3. The minimum Gasteiger partial charge on any atom is -0.489 e. The monoisotopic (exact) mass is 424 g/mol. The molecule has 1 heterocycles. The van der Waals surface area contributed by atoms with Gasteiger partial charge in [0.1, 0.15) is 18.0 Å². The fourth-order valence-corrected chi connectivity index (χ4v) is 3.38. The Balaban J connectivity index is 1.45. The number of aryl methyl sites for hydroxylation is 1. The number of rotatable bonds is 8. The molecule has 1 saturated heterocycles. The van der Waals surface area contributed by atoms with E-state index in [1.54, 1.807) is 7.05 Å². The number of benzene rings is 2. The van der Waals surface area contributed by atoms with Crippen LogP contribution in [0.5, 0.6) is 5.75 Å². The number of aliphatic imine (C=N–C) groups is 1. The normalized spacial score (nSPS) is 17.1. The molecule has 2 aromatic rings. The minimum absolute atomic E-state index is 0.0169. The van der Waals surface area contributed by atoms with E-state index in [2.05, 4.69) is 20.9 Å². The lowest BCUT2D eigenvalue weighted by Crippen LogP contribution is -2.41. The molecule has 2 aromatic carbocycles. The maximum atomic E-state index is 12.2. The molecular weight excluding hydrogens is 392 g/mol. The molecule has 2 atom stereocenters. The summed E-state index contributed by atoms with van der Waals surface area (Å²) >= 11 is 0. The van der Waals surface area contributed by atoms with Gasteiger partial charge in [-0.15, -0.1) is 0 Å². The number of nitrogens with zero attached hydrogens (tertiary/aromatic N) is 1. The quantitative estimate of drug-likeness (QED) is 0.448. The molecule has 1 aliphatic rings. The van der Waals surface area contributed by atoms with E-state index >= 15 is 0 Å². The fourth-order valence-electron chi connectivity index (χ4n) is 3.38. The number of anilines is 1. The van der Waals surface area contributed by atoms with Crippen LogP contribution in [-0.4, -0.2) is 44.3 Å². The first-order valence-electron chi connectivity index (χ1n) is 10.7. The fraction of sp³-hybridized carbons (Fsp3) is 0.417. The summed E-state index contributed by atoms with van der Waals surface area (Å²) in [5, 5.41) is 9.52. The van der Waals surface area contributed by atoms with Crippen molar-refractivity contribution in [3.05, 3.63) is 59.7 Å². The number of hydrogen-bond acceptors (Lipinski definition) is 4. The van der Waals surface area contributed by atoms with Crippen LogP contribution in [0.25, 0.3) is 0 Å². The summed E-state index contributed by atoms with van der Waals surface area (Å²) in [6.45, 7) is 5.91. The number of amides is 1. The van der Waals surface area contributed by atoms with E-state index in [9.17, 15) is 4.79 Å². The van der Waals surface area contributed by atoms with Crippen molar-refractivity contribution in [1.82, 2.24) is 10.6 Å². The van der Waals surface area contributed by atoms with Crippen LogP contribution < -0.4 is 20.7 Å². The van der Waals surface area contributed by atoms with Crippen LogP contribution in [0.1, 0.15) is 30.9 Å². The molecule has 0 spiro atoms. The van der Waals surface area contributed by atoms with Crippen molar-refractivity contribution < 1.29 is 14.3 Å². The van der Waals surface area contributed by atoms with Gasteiger partial charge in [0.2, 0.25) is 0 Å². The van der Waals surface area contributed by atoms with Crippen molar-refractivity contribution in [3.63, 3.8) is 0 Å². The number of hydrogen-bond donors (Lipinski definition) is 3. The highest BCUT2D eigenvalue weighted by Gasteiger charge is 2.23. The first-order valence-corrected chi connectivity index (χ1v) is 10.7. The molecule has 0 aliphatic carbocycles. The van der Waals surface area contributed by atoms with Crippen LogP contribution in [0.3, 0.4) is 0 Å². The summed E-state index contributed by atoms with van der Waals surface area (Å²) in [5.74, 6) is 1.47. The zero-order valence-electron chi connectivity index (χ0n) is 18.5. The second-order valence-electron chi connectivity index (χ2n) is 7.74. The van der Waals surface area contributed by atoms with Crippen molar-refractivity contribution in [3.8, 4) is 5.75 Å². The Kier molecular flexibility index (Phi) is 8.29. The highest BCUT2D eigenvalue weighted by molar-refractivity contribution is 5.94. The SMILES string of the molecule is CN=C(NCc1cccc(NC(=O)C2CCCO2)c1)NCC(C)Oc1cccc(C)c1. The third-order valence-electron chi connectivity index (χ3n) is 4.98. The Morgan fingerprint density at radius 2 is 2.06 bits per heavy atom. The van der Waals surface area contributed by atoms with Gasteiger partial charge in [-0.2, -0.15) is 0 Å². The molecule has 31 heavy (non-hydrogen) atoms. The Morgan fingerprint density at radius 3 is 2.81 bits per heavy atom. The molecule has 166 valence electrons. The van der Waals surface area contributed by atoms with Gasteiger partial charge in [0.15, 0.2) is 5.96 Å². The standard InChI is InChI=1S/C24H32N4O3/c1-17-7-4-10-21(13-17)31-18(2)15-26-24(25-3)27-16-19-8-5-9-20(14-19)28-23(29)22-11-6-12-30-22/h4-5,7-10,13-14,18,22H,6,11-12,15-16H2,1-3H3,(H,28,29)(H2,25,26,27). The lowest BCUT2D eigenvalue weighted by Gasteiger charge is -2.18. The van der Waals surface area contributed by atoms with Gasteiger partial charge < -0.3 is 25.4 Å². The van der Waals surface area contributed by atoms with Gasteiger partial charge >= 0.3 is 0 Å². The van der Waals surface area contributed by atoms with Crippen LogP contribution in [0.2, 0.25) is 0 Å². The Morgan fingerprint density at radius 1 is 1.23 bits per heavy atom. The third-order valence-corrected chi connectivity index (χ3v) is 4.98. The molecule has 3 N–H and O–H groups in total. The topological polar surface area (TPSA) is 84.0 Å². The van der Waals surface area contributed by atoms with Crippen molar-refractivity contribution in [2.24, 2.45) is 4.99 Å². The lowest BCUT2D eigenvalue weighted by molar-refractivity contribution is -0.124. The minimum atomic E-state index is -0.339. The van der Waals surface area contributed by atoms with Crippen molar-refractivity contribution in [2.45, 2.75) is 45.4 Å². The van der Waals surface area contributed by atoms with E-state index in [-0.39, 0.29) is 18.1 Å². The molecule has 1 fully saturated rings. The van der Waals surface area contributed by atoms with Crippen molar-refractivity contribution >= 4 is 17.6 Å². The maximum Gasteiger partial charge on any atom is 0.253 e. The molecule has 1 aliphatic heterocycles. The molecule has 7 heteroatoms. The van der Waals surface area contributed by atoms with Crippen LogP contribution in [0.4, 0.5) is 5.69 Å². The average Bonchev–Trinajstić information content (AvgIpc) is 3.29. The molecular formula is C24H32N4O3. The van der Waals surface area contributed by atoms with Gasteiger partial charge in [-0.1, -0.05) is 24.3 Å². The second-order valence-corrected chi connectivity index (χ2v) is 7.74. The van der Waals surface area contributed by atoms with Crippen LogP contribution in [0.15, 0.2) is 53.5 Å². The Hall–Kier alpha value is -3.06. The summed E-state index contributed by atoms with van der Waals surface area (Å²) in [5.41, 5.74) is 2.98. The summed E-state index contributed by atoms with van der Waals surface area (Å²) < 4.78 is 11.4. The van der Waals surface area contributed by atoms with Gasteiger partial charge in [-0.3, -0.25) is 9.79 Å². The first kappa shape index (κ1) is 22.6. The van der Waals surface area contributed by atoms with Crippen LogP contribution >= 0.6 is 0 Å². The van der Waals surface area contributed by atoms with E-state index in [0.29, 0.717) is 25.7 Å². The highest BCUT2D eigenvalue weighted by Crippen LogP contribution is 2.16. The summed E-state index contributed by atoms with van der Waals surface area (Å²) in [4.78, 5) is 16.5. The second kappa shape index (κ2) is 11.4. The van der Waals surface area contributed by atoms with E-state index < -0.39 is 0 Å². The largest absolute Gasteiger partial charge is 0.489 e. The summed E-state index contributed by atoms with van der Waals surface area (Å²) in [6.07, 6.45) is 1.36. The van der Waals surface area contributed by atoms with Crippen molar-refractivity contribution in [1.29, 1.82) is 0 Å². The Labute approximate surface area is 184 Å². The van der Waals surface area contributed by atoms with E-state index in [4.69, 9.17) is 9.47 Å². The molecule has 7 nitrogen and oxygen atoms in total. The van der Waals surface area contributed by atoms with E-state index in [1.165, 1.54) is 5.56 Å². The zero-order chi connectivity index (χ0) is 22.1. The van der Waals surface area contributed by atoms with E-state index in [1.807, 2.05) is 62.4 Å². The maximum absolute atomic E-state index is 12.2. The molecule has 3 rings (SSSR count). The summed E-state index contributed by atoms with van der Waals surface area (Å²) in [6, 6.07) is 15.8. The summed E-state index contributed by atoms with van der Waals surface area (Å²) in [7, 11) is 1.74. The van der Waals surface area contributed by atoms with Gasteiger partial charge in [0.25, 0.3) is 5.91 Å². The van der Waals surface area contributed by atoms with Gasteiger partial charge in [0, 0.05) is 25.9 Å². The average molecular weight is 425 g/mol. The highest BCUT2D eigenvalue weighted by atomic mass is 16.5. The smallest absolute Gasteiger partial charge is 0.253 e. The van der Waals surface area contributed by atoms with Crippen molar-refractivity contribution in [2.75, 3.05) is 25.5 Å². The molecule has 0 radical (unpaired) electrons. The molecule has 0 aromatic heterocycles. The number of guanidine groups is 1. The predicted octanol–water partition coefficient (Wildman–Crippen LogP) is 3.25. The third kappa shape index (κ3) is 7.29. The number of carbonyl (C=O) groups excluding carboxylic acids is 1. The van der Waals surface area contributed by atoms with Gasteiger partial charge in [0.05, 0.1) is 6.54 Å². The molecule has 0 bridgehead atoms. The zero-order valence-corrected chi connectivity index (χ0v) is 18.5. The van der Waals surface area contributed by atoms with Crippen LogP contribution in [-0.2, 0) is 16.1 Å². The number of carbonyl (C=O) groups is 1. The Bertz CT molecular complexity index is 894. The molecule has 2 unspecified atom stereocenters. The van der Waals surface area contributed by atoms with Gasteiger partial charge in [-0.05, 0) is 62.1 Å². The first-order chi connectivity index (χ1) is 15.0. The number of ether oxygens (including phenoxy) is 2. The molecule has 1 amide bonds.